The van der Waals surface area contributed by atoms with Gasteiger partial charge in [-0.05, 0) is 85.0 Å². The van der Waals surface area contributed by atoms with Gasteiger partial charge in [-0.15, -0.1) is 22.7 Å². The lowest BCUT2D eigenvalue weighted by atomic mass is 10.0. The van der Waals surface area contributed by atoms with Crippen LogP contribution in [-0.4, -0.2) is 23.4 Å². The van der Waals surface area contributed by atoms with Crippen molar-refractivity contribution in [2.45, 2.75) is 65.2 Å². The van der Waals surface area contributed by atoms with E-state index in [9.17, 15) is 10.2 Å². The quantitative estimate of drug-likeness (QED) is 0.0929. The van der Waals surface area contributed by atoms with Crippen LogP contribution in [-0.2, 0) is 12.8 Å². The van der Waals surface area contributed by atoms with Crippen LogP contribution in [0.25, 0.3) is 43.1 Å². The zero-order valence-corrected chi connectivity index (χ0v) is 30.6. The lowest BCUT2D eigenvalue weighted by Gasteiger charge is -2.13. The predicted molar refractivity (Wildman–Crippen MR) is 211 cm³/mol. The van der Waals surface area contributed by atoms with E-state index in [-0.39, 0.29) is 0 Å². The molecule has 4 aromatic carbocycles. The van der Waals surface area contributed by atoms with Gasteiger partial charge in [0.05, 0.1) is 23.0 Å². The maximum Gasteiger partial charge on any atom is 0.142 e. The van der Waals surface area contributed by atoms with E-state index < -0.39 is 0 Å². The Morgan fingerprint density at radius 3 is 1.38 bits per heavy atom. The lowest BCUT2D eigenvalue weighted by molar-refractivity contribution is 0.267. The molecule has 0 unspecified atom stereocenters. The van der Waals surface area contributed by atoms with Crippen molar-refractivity contribution in [2.24, 2.45) is 0 Å². The number of rotatable bonds is 17. The second kappa shape index (κ2) is 17.4. The molecule has 0 bridgehead atoms. The van der Waals surface area contributed by atoms with Crippen LogP contribution in [0.1, 0.15) is 63.5 Å². The molecule has 6 rings (SSSR count). The molecule has 0 fully saturated rings. The number of aryl methyl sites for hydroxylation is 2. The minimum Gasteiger partial charge on any atom is -0.506 e. The zero-order valence-electron chi connectivity index (χ0n) is 29.0. The smallest absolute Gasteiger partial charge is 0.142 e. The second-order valence-corrected chi connectivity index (χ2v) is 14.4. The number of thiophene rings is 2. The number of aromatic hydroxyl groups is 2. The Bertz CT molecular complexity index is 1840. The molecule has 0 aliphatic rings. The number of hydrogen-bond acceptors (Lipinski definition) is 6. The third-order valence-corrected chi connectivity index (χ3v) is 11.0. The summed E-state index contributed by atoms with van der Waals surface area (Å²) in [5.74, 6) is 2.13. The number of unbranched alkanes of at least 4 members (excludes halogenated alkanes) is 3. The summed E-state index contributed by atoms with van der Waals surface area (Å²) in [6.45, 7) is 5.48. The summed E-state index contributed by atoms with van der Waals surface area (Å²) in [6, 6.07) is 32.9. The van der Waals surface area contributed by atoms with Crippen molar-refractivity contribution in [3.8, 4) is 66.1 Å². The van der Waals surface area contributed by atoms with Crippen LogP contribution in [0.2, 0.25) is 0 Å². The normalized spacial score (nSPS) is 11.2. The van der Waals surface area contributed by atoms with Crippen molar-refractivity contribution in [1.82, 2.24) is 0 Å². The van der Waals surface area contributed by atoms with Crippen LogP contribution in [0.3, 0.4) is 0 Å². The topological polar surface area (TPSA) is 58.9 Å². The van der Waals surface area contributed by atoms with E-state index in [0.29, 0.717) is 24.7 Å². The van der Waals surface area contributed by atoms with Gasteiger partial charge in [0.1, 0.15) is 23.0 Å². The molecule has 2 aromatic heterocycles. The molecule has 4 nitrogen and oxygen atoms in total. The maximum absolute atomic E-state index is 11.3. The molecular weight excluding hydrogens is 657 g/mol. The van der Waals surface area contributed by atoms with E-state index in [1.165, 1.54) is 11.1 Å². The summed E-state index contributed by atoms with van der Waals surface area (Å²) >= 11 is 3.09. The third kappa shape index (κ3) is 8.43. The molecule has 2 N–H and O–H groups in total. The van der Waals surface area contributed by atoms with E-state index in [1.54, 1.807) is 22.7 Å². The largest absolute Gasteiger partial charge is 0.506 e. The van der Waals surface area contributed by atoms with E-state index >= 15 is 0 Å². The van der Waals surface area contributed by atoms with Gasteiger partial charge in [-0.3, -0.25) is 0 Å². The molecule has 0 aliphatic heterocycles. The summed E-state index contributed by atoms with van der Waals surface area (Å²) in [5, 5.41) is 26.7. The average Bonchev–Trinajstić information content (AvgIpc) is 3.73. The molecule has 0 amide bonds. The van der Waals surface area contributed by atoms with Crippen LogP contribution >= 0.6 is 22.7 Å². The Morgan fingerprint density at radius 2 is 0.940 bits per heavy atom. The Kier molecular flexibility index (Phi) is 12.3. The van der Waals surface area contributed by atoms with Crippen molar-refractivity contribution in [3.05, 3.63) is 119 Å². The summed E-state index contributed by atoms with van der Waals surface area (Å²) < 4.78 is 12.5. The zero-order chi connectivity index (χ0) is 34.7. The Balaban J connectivity index is 1.06. The van der Waals surface area contributed by atoms with Gasteiger partial charge in [0, 0.05) is 33.0 Å². The second-order valence-electron chi connectivity index (χ2n) is 12.7. The first kappa shape index (κ1) is 35.3. The molecule has 0 saturated carbocycles. The number of ether oxygens (including phenoxy) is 2. The van der Waals surface area contributed by atoms with Crippen molar-refractivity contribution < 1.29 is 19.7 Å². The van der Waals surface area contributed by atoms with Crippen molar-refractivity contribution in [1.29, 1.82) is 0 Å². The Labute approximate surface area is 304 Å². The molecule has 0 saturated heterocycles. The molecule has 6 heteroatoms. The summed E-state index contributed by atoms with van der Waals surface area (Å²) in [5.41, 5.74) is 8.20. The molecule has 0 radical (unpaired) electrons. The molecule has 2 heterocycles. The number of para-hydroxylation sites is 2. The number of hydrogen-bond donors (Lipinski definition) is 2. The highest BCUT2D eigenvalue weighted by Gasteiger charge is 2.19. The van der Waals surface area contributed by atoms with E-state index in [4.69, 9.17) is 9.47 Å². The van der Waals surface area contributed by atoms with Crippen LogP contribution in [0.5, 0.6) is 23.0 Å². The van der Waals surface area contributed by atoms with Gasteiger partial charge in [0.2, 0.25) is 0 Å². The lowest BCUT2D eigenvalue weighted by Crippen LogP contribution is -2.03. The standard InChI is InChI=1S/C44H46O4S2/c1-3-5-15-31-17-13-19-33(27-31)37-29-49-43(41(37)45)35-21-7-9-23-39(35)47-25-11-12-26-48-40-24-10-8-22-36(40)44-42(46)38(30-50-44)34-20-14-18-32(28-34)16-6-4-2/h7-10,13-14,17-24,27-30,45-46H,3-6,11-12,15-16,25-26H2,1-2H3. The van der Waals surface area contributed by atoms with Crippen LogP contribution in [0, 0.1) is 0 Å². The molecule has 6 aromatic rings. The molecular formula is C44H46O4S2. The summed E-state index contributed by atoms with van der Waals surface area (Å²) in [6.07, 6.45) is 8.35. The monoisotopic (exact) mass is 702 g/mol. The first-order valence-electron chi connectivity index (χ1n) is 17.8. The third-order valence-electron chi connectivity index (χ3n) is 8.96. The first-order valence-corrected chi connectivity index (χ1v) is 19.6. The summed E-state index contributed by atoms with van der Waals surface area (Å²) in [4.78, 5) is 1.64. The van der Waals surface area contributed by atoms with Crippen LogP contribution < -0.4 is 9.47 Å². The van der Waals surface area contributed by atoms with E-state index in [1.807, 2.05) is 59.3 Å². The highest BCUT2D eigenvalue weighted by molar-refractivity contribution is 7.14. The number of benzene rings is 4. The maximum atomic E-state index is 11.3. The van der Waals surface area contributed by atoms with Gasteiger partial charge >= 0.3 is 0 Å². The van der Waals surface area contributed by atoms with E-state index in [2.05, 4.69) is 62.4 Å². The highest BCUT2D eigenvalue weighted by Crippen LogP contribution is 2.48. The van der Waals surface area contributed by atoms with Gasteiger partial charge in [0.25, 0.3) is 0 Å². The van der Waals surface area contributed by atoms with Gasteiger partial charge in [-0.25, -0.2) is 0 Å². The molecule has 0 atom stereocenters. The van der Waals surface area contributed by atoms with E-state index in [0.717, 1.165) is 106 Å². The van der Waals surface area contributed by atoms with Crippen molar-refractivity contribution in [3.63, 3.8) is 0 Å². The van der Waals surface area contributed by atoms with Gasteiger partial charge < -0.3 is 19.7 Å². The van der Waals surface area contributed by atoms with Gasteiger partial charge in [0.15, 0.2) is 0 Å². The average molecular weight is 703 g/mol. The molecule has 50 heavy (non-hydrogen) atoms. The van der Waals surface area contributed by atoms with Gasteiger partial charge in [-0.1, -0.05) is 99.5 Å². The fourth-order valence-corrected chi connectivity index (χ4v) is 8.18. The first-order chi connectivity index (χ1) is 24.6. The molecule has 0 aliphatic carbocycles. The van der Waals surface area contributed by atoms with Gasteiger partial charge in [-0.2, -0.15) is 0 Å². The minimum atomic E-state index is 0.301. The Morgan fingerprint density at radius 1 is 0.500 bits per heavy atom. The van der Waals surface area contributed by atoms with Crippen LogP contribution in [0.15, 0.2) is 108 Å². The fraction of sp³-hybridized carbons (Fsp3) is 0.273. The SMILES string of the molecule is CCCCc1cccc(-c2csc(-c3ccccc3OCCCCOc3ccccc3-c3scc(-c4cccc(CCCC)c4)c3O)c2O)c1. The van der Waals surface area contributed by atoms with Crippen molar-refractivity contribution >= 4 is 22.7 Å². The minimum absolute atomic E-state index is 0.301. The Hall–Kier alpha value is -4.52. The highest BCUT2D eigenvalue weighted by atomic mass is 32.1. The molecule has 258 valence electrons. The van der Waals surface area contributed by atoms with Crippen molar-refractivity contribution in [2.75, 3.05) is 13.2 Å². The molecule has 0 spiro atoms. The van der Waals surface area contributed by atoms with Crippen LogP contribution in [0.4, 0.5) is 0 Å². The fourth-order valence-electron chi connectivity index (χ4n) is 6.17. The predicted octanol–water partition coefficient (Wildman–Crippen LogP) is 12.8. The summed E-state index contributed by atoms with van der Waals surface area (Å²) in [7, 11) is 0.